The van der Waals surface area contributed by atoms with Crippen molar-refractivity contribution in [2.45, 2.75) is 12.0 Å². The number of carbonyl (C=O) groups excluding carboxylic acids is 1. The molecule has 1 saturated heterocycles. The Kier molecular flexibility index (Phi) is 3.10. The number of hydrogen-bond donors (Lipinski definition) is 2. The maximum atomic E-state index is 11.8. The van der Waals surface area contributed by atoms with E-state index in [1.807, 2.05) is 12.1 Å². The van der Waals surface area contributed by atoms with Crippen molar-refractivity contribution < 1.29 is 4.79 Å². The van der Waals surface area contributed by atoms with Crippen molar-refractivity contribution in [3.8, 4) is 0 Å². The molecule has 2 aliphatic rings. The van der Waals surface area contributed by atoms with Crippen LogP contribution in [0.3, 0.4) is 0 Å². The topological polar surface area (TPSA) is 41.1 Å². The minimum absolute atomic E-state index is 0. The summed E-state index contributed by atoms with van der Waals surface area (Å²) >= 11 is 6.05. The number of hydrogen-bond acceptors (Lipinski definition) is 2. The second-order valence-corrected chi connectivity index (χ2v) is 4.46. The summed E-state index contributed by atoms with van der Waals surface area (Å²) in [6.45, 7) is 1.76. The molecule has 0 saturated carbocycles. The Morgan fingerprint density at radius 1 is 1.31 bits per heavy atom. The van der Waals surface area contributed by atoms with Crippen LogP contribution < -0.4 is 10.6 Å². The third kappa shape index (κ3) is 1.59. The standard InChI is InChI=1S/C11H11ClN2O.ClH/c12-8-3-1-2-6-7-4-13-5-9(7)14-11(15)10(6)8;/h1-3,7,9,13H,4-5H2,(H,14,15);1H/t7-,9+;/m1./s1. The summed E-state index contributed by atoms with van der Waals surface area (Å²) in [4.78, 5) is 11.8. The van der Waals surface area contributed by atoms with Gasteiger partial charge in [0.25, 0.3) is 5.91 Å². The lowest BCUT2D eigenvalue weighted by Crippen LogP contribution is -2.44. The molecule has 0 aliphatic carbocycles. The van der Waals surface area contributed by atoms with E-state index in [0.717, 1.165) is 18.7 Å². The first kappa shape index (κ1) is 11.7. The highest BCUT2D eigenvalue weighted by molar-refractivity contribution is 6.34. The van der Waals surface area contributed by atoms with Crippen molar-refractivity contribution in [2.24, 2.45) is 0 Å². The van der Waals surface area contributed by atoms with E-state index in [0.29, 0.717) is 16.5 Å². The molecule has 3 nitrogen and oxygen atoms in total. The van der Waals surface area contributed by atoms with E-state index in [2.05, 4.69) is 10.6 Å². The van der Waals surface area contributed by atoms with Gasteiger partial charge in [-0.1, -0.05) is 23.7 Å². The molecule has 0 radical (unpaired) electrons. The molecule has 0 aromatic heterocycles. The van der Waals surface area contributed by atoms with E-state index >= 15 is 0 Å². The fourth-order valence-electron chi connectivity index (χ4n) is 2.49. The molecule has 1 aromatic rings. The average molecular weight is 259 g/mol. The summed E-state index contributed by atoms with van der Waals surface area (Å²) in [5.41, 5.74) is 1.74. The molecule has 1 aromatic carbocycles. The summed E-state index contributed by atoms with van der Waals surface area (Å²) in [6.07, 6.45) is 0. The molecule has 0 unspecified atom stereocenters. The molecule has 2 atom stereocenters. The quantitative estimate of drug-likeness (QED) is 0.742. The molecular weight excluding hydrogens is 247 g/mol. The van der Waals surface area contributed by atoms with Gasteiger partial charge in [0.05, 0.1) is 10.6 Å². The predicted octanol–water partition coefficient (Wildman–Crippen LogP) is 1.56. The molecule has 2 aliphatic heterocycles. The van der Waals surface area contributed by atoms with E-state index in [9.17, 15) is 4.79 Å². The van der Waals surface area contributed by atoms with E-state index in [-0.39, 0.29) is 24.4 Å². The lowest BCUT2D eigenvalue weighted by molar-refractivity contribution is 0.0924. The van der Waals surface area contributed by atoms with Gasteiger partial charge in [0, 0.05) is 25.0 Å². The van der Waals surface area contributed by atoms with Crippen molar-refractivity contribution >= 4 is 29.9 Å². The maximum Gasteiger partial charge on any atom is 0.253 e. The highest BCUT2D eigenvalue weighted by Gasteiger charge is 2.37. The summed E-state index contributed by atoms with van der Waals surface area (Å²) in [5.74, 6) is 0.331. The second-order valence-electron chi connectivity index (χ2n) is 4.05. The maximum absolute atomic E-state index is 11.8. The SMILES string of the molecule is Cl.O=C1N[C@H]2CNC[C@@H]2c2cccc(Cl)c21. The zero-order valence-electron chi connectivity index (χ0n) is 8.50. The van der Waals surface area contributed by atoms with Gasteiger partial charge in [-0.25, -0.2) is 0 Å². The van der Waals surface area contributed by atoms with Crippen LogP contribution in [0.4, 0.5) is 0 Å². The highest BCUT2D eigenvalue weighted by Crippen LogP contribution is 2.33. The first-order valence-electron chi connectivity index (χ1n) is 5.07. The smallest absolute Gasteiger partial charge is 0.253 e. The molecule has 86 valence electrons. The van der Waals surface area contributed by atoms with Gasteiger partial charge >= 0.3 is 0 Å². The monoisotopic (exact) mass is 258 g/mol. The lowest BCUT2D eigenvalue weighted by Gasteiger charge is -2.28. The van der Waals surface area contributed by atoms with Gasteiger partial charge in [-0.05, 0) is 11.6 Å². The Labute approximate surface area is 105 Å². The first-order valence-corrected chi connectivity index (χ1v) is 5.45. The Morgan fingerprint density at radius 3 is 2.94 bits per heavy atom. The molecule has 0 spiro atoms. The third-order valence-corrected chi connectivity index (χ3v) is 3.52. The number of halogens is 2. The summed E-state index contributed by atoms with van der Waals surface area (Å²) in [7, 11) is 0. The van der Waals surface area contributed by atoms with Gasteiger partial charge in [0.15, 0.2) is 0 Å². The molecular formula is C11H12Cl2N2O. The van der Waals surface area contributed by atoms with E-state index in [1.54, 1.807) is 6.07 Å². The molecule has 3 rings (SSSR count). The average Bonchev–Trinajstić information content (AvgIpc) is 2.65. The molecule has 2 heterocycles. The van der Waals surface area contributed by atoms with Crippen LogP contribution in [0.25, 0.3) is 0 Å². The fourth-order valence-corrected chi connectivity index (χ4v) is 2.75. The molecule has 16 heavy (non-hydrogen) atoms. The minimum Gasteiger partial charge on any atom is -0.347 e. The lowest BCUT2D eigenvalue weighted by atomic mass is 9.86. The Morgan fingerprint density at radius 2 is 2.12 bits per heavy atom. The number of rotatable bonds is 0. The Hall–Kier alpha value is -0.770. The molecule has 1 fully saturated rings. The van der Waals surface area contributed by atoms with Crippen LogP contribution in [0, 0.1) is 0 Å². The van der Waals surface area contributed by atoms with Gasteiger partial charge in [-0.2, -0.15) is 0 Å². The number of fused-ring (bicyclic) bond motifs is 3. The minimum atomic E-state index is -0.0412. The van der Waals surface area contributed by atoms with Gasteiger partial charge in [-0.15, -0.1) is 12.4 Å². The molecule has 1 amide bonds. The van der Waals surface area contributed by atoms with Crippen molar-refractivity contribution in [1.29, 1.82) is 0 Å². The largest absolute Gasteiger partial charge is 0.347 e. The summed E-state index contributed by atoms with van der Waals surface area (Å²) < 4.78 is 0. The van der Waals surface area contributed by atoms with E-state index in [4.69, 9.17) is 11.6 Å². The van der Waals surface area contributed by atoms with Crippen LogP contribution in [0.15, 0.2) is 18.2 Å². The van der Waals surface area contributed by atoms with Gasteiger partial charge < -0.3 is 10.6 Å². The zero-order chi connectivity index (χ0) is 10.4. The fraction of sp³-hybridized carbons (Fsp3) is 0.364. The number of carbonyl (C=O) groups is 1. The third-order valence-electron chi connectivity index (χ3n) is 3.20. The normalized spacial score (nSPS) is 26.4. The molecule has 0 bridgehead atoms. The number of amides is 1. The van der Waals surface area contributed by atoms with Crippen LogP contribution in [-0.2, 0) is 0 Å². The zero-order valence-corrected chi connectivity index (χ0v) is 10.1. The van der Waals surface area contributed by atoms with Crippen LogP contribution in [0.2, 0.25) is 5.02 Å². The highest BCUT2D eigenvalue weighted by atomic mass is 35.5. The van der Waals surface area contributed by atoms with Crippen LogP contribution in [0.1, 0.15) is 21.8 Å². The van der Waals surface area contributed by atoms with Crippen LogP contribution in [0.5, 0.6) is 0 Å². The van der Waals surface area contributed by atoms with E-state index < -0.39 is 0 Å². The van der Waals surface area contributed by atoms with Crippen molar-refractivity contribution in [3.05, 3.63) is 34.3 Å². The van der Waals surface area contributed by atoms with Crippen molar-refractivity contribution in [1.82, 2.24) is 10.6 Å². The Bertz CT molecular complexity index is 436. The number of nitrogens with one attached hydrogen (secondary N) is 2. The summed E-state index contributed by atoms with van der Waals surface area (Å²) in [6, 6.07) is 5.91. The summed E-state index contributed by atoms with van der Waals surface area (Å²) in [5, 5.41) is 6.83. The van der Waals surface area contributed by atoms with Gasteiger partial charge in [0.2, 0.25) is 0 Å². The van der Waals surface area contributed by atoms with Crippen molar-refractivity contribution in [3.63, 3.8) is 0 Å². The van der Waals surface area contributed by atoms with Crippen LogP contribution in [-0.4, -0.2) is 25.0 Å². The molecule has 5 heteroatoms. The van der Waals surface area contributed by atoms with Crippen molar-refractivity contribution in [2.75, 3.05) is 13.1 Å². The van der Waals surface area contributed by atoms with E-state index in [1.165, 1.54) is 0 Å². The van der Waals surface area contributed by atoms with Gasteiger partial charge in [-0.3, -0.25) is 4.79 Å². The van der Waals surface area contributed by atoms with Gasteiger partial charge in [0.1, 0.15) is 0 Å². The van der Waals surface area contributed by atoms with Crippen LogP contribution >= 0.6 is 24.0 Å². The predicted molar refractivity (Wildman–Crippen MR) is 65.6 cm³/mol. The molecule has 2 N–H and O–H groups in total. The Balaban J connectivity index is 0.000000963. The second kappa shape index (κ2) is 4.24. The first-order chi connectivity index (χ1) is 7.27. The number of benzene rings is 1.